The Bertz CT molecular complexity index is 376. The van der Waals surface area contributed by atoms with Crippen LogP contribution in [-0.2, 0) is 12.0 Å². The SMILES string of the molecule is Cl.NC1(c2noc(CCC(F)(F)F)n2)CCC1. The van der Waals surface area contributed by atoms with Gasteiger partial charge in [-0.05, 0) is 19.3 Å². The van der Waals surface area contributed by atoms with Crippen molar-refractivity contribution in [3.8, 4) is 0 Å². The molecule has 0 atom stereocenters. The second-order valence-electron chi connectivity index (χ2n) is 4.14. The molecule has 8 heteroatoms. The highest BCUT2D eigenvalue weighted by molar-refractivity contribution is 5.85. The van der Waals surface area contributed by atoms with E-state index in [1.54, 1.807) is 0 Å². The highest BCUT2D eigenvalue weighted by Gasteiger charge is 2.39. The third-order valence-corrected chi connectivity index (χ3v) is 2.78. The van der Waals surface area contributed by atoms with Crippen LogP contribution in [0, 0.1) is 0 Å². The first kappa shape index (κ1) is 14.2. The summed E-state index contributed by atoms with van der Waals surface area (Å²) in [6, 6.07) is 0. The summed E-state index contributed by atoms with van der Waals surface area (Å²) < 4.78 is 40.6. The van der Waals surface area contributed by atoms with Gasteiger partial charge in [-0.25, -0.2) is 0 Å². The van der Waals surface area contributed by atoms with Crippen molar-refractivity contribution in [1.29, 1.82) is 0 Å². The smallest absolute Gasteiger partial charge is 0.339 e. The number of aryl methyl sites for hydroxylation is 1. The molecule has 0 unspecified atom stereocenters. The second-order valence-corrected chi connectivity index (χ2v) is 4.14. The molecule has 0 amide bonds. The van der Waals surface area contributed by atoms with Crippen LogP contribution in [0.25, 0.3) is 0 Å². The van der Waals surface area contributed by atoms with Crippen LogP contribution < -0.4 is 5.73 Å². The van der Waals surface area contributed by atoms with Crippen LogP contribution in [0.15, 0.2) is 4.52 Å². The van der Waals surface area contributed by atoms with Crippen molar-refractivity contribution in [3.63, 3.8) is 0 Å². The number of rotatable bonds is 3. The lowest BCUT2D eigenvalue weighted by Gasteiger charge is -2.34. The van der Waals surface area contributed by atoms with Crippen molar-refractivity contribution in [1.82, 2.24) is 10.1 Å². The lowest BCUT2D eigenvalue weighted by molar-refractivity contribution is -0.134. The fourth-order valence-electron chi connectivity index (χ4n) is 1.59. The molecule has 2 N–H and O–H groups in total. The molecule has 0 spiro atoms. The van der Waals surface area contributed by atoms with Crippen molar-refractivity contribution in [2.75, 3.05) is 0 Å². The lowest BCUT2D eigenvalue weighted by Crippen LogP contribution is -2.44. The summed E-state index contributed by atoms with van der Waals surface area (Å²) in [5, 5.41) is 3.63. The molecule has 1 aromatic heterocycles. The van der Waals surface area contributed by atoms with Crippen molar-refractivity contribution < 1.29 is 17.7 Å². The Morgan fingerprint density at radius 1 is 1.35 bits per heavy atom. The quantitative estimate of drug-likeness (QED) is 0.916. The van der Waals surface area contributed by atoms with E-state index in [0.29, 0.717) is 5.82 Å². The van der Waals surface area contributed by atoms with Crippen LogP contribution in [0.5, 0.6) is 0 Å². The van der Waals surface area contributed by atoms with Gasteiger partial charge in [-0.2, -0.15) is 18.2 Å². The van der Waals surface area contributed by atoms with E-state index in [1.807, 2.05) is 0 Å². The number of hydrogen-bond donors (Lipinski definition) is 1. The Kier molecular flexibility index (Phi) is 4.03. The van der Waals surface area contributed by atoms with E-state index < -0.39 is 18.1 Å². The zero-order chi connectivity index (χ0) is 11.8. The van der Waals surface area contributed by atoms with Gasteiger partial charge in [-0.3, -0.25) is 0 Å². The molecule has 17 heavy (non-hydrogen) atoms. The number of aromatic nitrogens is 2. The standard InChI is InChI=1S/C9H12F3N3O.ClH/c10-9(11,12)5-2-6-14-7(15-16-6)8(13)3-1-4-8;/h1-5,13H2;1H. The molecule has 0 bridgehead atoms. The van der Waals surface area contributed by atoms with E-state index in [4.69, 9.17) is 10.3 Å². The minimum absolute atomic E-state index is 0. The fourth-order valence-corrected chi connectivity index (χ4v) is 1.59. The summed E-state index contributed by atoms with van der Waals surface area (Å²) in [5.41, 5.74) is 5.33. The molecule has 4 nitrogen and oxygen atoms in total. The lowest BCUT2D eigenvalue weighted by atomic mass is 9.77. The molecule has 1 heterocycles. The van der Waals surface area contributed by atoms with Crippen LogP contribution in [-0.4, -0.2) is 16.3 Å². The maximum atomic E-state index is 11.9. The van der Waals surface area contributed by atoms with Gasteiger partial charge in [0.1, 0.15) is 0 Å². The maximum absolute atomic E-state index is 11.9. The van der Waals surface area contributed by atoms with Crippen LogP contribution in [0.4, 0.5) is 13.2 Å². The first-order valence-corrected chi connectivity index (χ1v) is 5.08. The summed E-state index contributed by atoms with van der Waals surface area (Å²) in [5.74, 6) is 0.333. The minimum Gasteiger partial charge on any atom is -0.339 e. The molecule has 1 aliphatic rings. The van der Waals surface area contributed by atoms with E-state index in [-0.39, 0.29) is 24.7 Å². The molecular formula is C9H13ClF3N3O. The van der Waals surface area contributed by atoms with Gasteiger partial charge >= 0.3 is 6.18 Å². The summed E-state index contributed by atoms with van der Waals surface area (Å²) >= 11 is 0. The van der Waals surface area contributed by atoms with E-state index >= 15 is 0 Å². The molecule has 1 aliphatic carbocycles. The van der Waals surface area contributed by atoms with E-state index in [0.717, 1.165) is 19.3 Å². The zero-order valence-corrected chi connectivity index (χ0v) is 9.77. The Hall–Kier alpha value is -0.820. The Morgan fingerprint density at radius 3 is 2.47 bits per heavy atom. The summed E-state index contributed by atoms with van der Waals surface area (Å²) in [6.45, 7) is 0. The minimum atomic E-state index is -4.20. The summed E-state index contributed by atoms with van der Waals surface area (Å²) in [7, 11) is 0. The number of nitrogens with two attached hydrogens (primary N) is 1. The number of halogens is 4. The van der Waals surface area contributed by atoms with Gasteiger partial charge in [-0.15, -0.1) is 12.4 Å². The van der Waals surface area contributed by atoms with Crippen LogP contribution in [0.3, 0.4) is 0 Å². The van der Waals surface area contributed by atoms with E-state index in [9.17, 15) is 13.2 Å². The predicted molar refractivity (Wildman–Crippen MR) is 55.6 cm³/mol. The zero-order valence-electron chi connectivity index (χ0n) is 8.96. The Balaban J connectivity index is 0.00000144. The van der Waals surface area contributed by atoms with Gasteiger partial charge in [0.25, 0.3) is 0 Å². The first-order valence-electron chi connectivity index (χ1n) is 5.08. The average molecular weight is 272 g/mol. The van der Waals surface area contributed by atoms with Gasteiger partial charge in [-0.1, -0.05) is 5.16 Å². The molecular weight excluding hydrogens is 259 g/mol. The second kappa shape index (κ2) is 4.81. The van der Waals surface area contributed by atoms with Gasteiger partial charge in [0.2, 0.25) is 5.89 Å². The van der Waals surface area contributed by atoms with E-state index in [1.165, 1.54) is 0 Å². The fraction of sp³-hybridized carbons (Fsp3) is 0.778. The number of alkyl halides is 3. The van der Waals surface area contributed by atoms with Gasteiger partial charge in [0.15, 0.2) is 5.82 Å². The molecule has 1 fully saturated rings. The number of nitrogens with zero attached hydrogens (tertiary/aromatic N) is 2. The van der Waals surface area contributed by atoms with Crippen molar-refractivity contribution in [2.45, 2.75) is 43.8 Å². The predicted octanol–water partition coefficient (Wildman–Crippen LogP) is 2.32. The molecule has 0 aliphatic heterocycles. The molecule has 98 valence electrons. The first-order chi connectivity index (χ1) is 7.39. The molecule has 0 saturated heterocycles. The van der Waals surface area contributed by atoms with Crippen molar-refractivity contribution >= 4 is 12.4 Å². The molecule has 1 aromatic rings. The van der Waals surface area contributed by atoms with Gasteiger partial charge < -0.3 is 10.3 Å². The number of hydrogen-bond acceptors (Lipinski definition) is 4. The third kappa shape index (κ3) is 3.32. The topological polar surface area (TPSA) is 64.9 Å². The summed E-state index contributed by atoms with van der Waals surface area (Å²) in [4.78, 5) is 3.90. The summed E-state index contributed by atoms with van der Waals surface area (Å²) in [6.07, 6.45) is -2.94. The molecule has 1 saturated carbocycles. The Labute approximate surface area is 102 Å². The molecule has 0 aromatic carbocycles. The van der Waals surface area contributed by atoms with Gasteiger partial charge in [0.05, 0.1) is 12.0 Å². The van der Waals surface area contributed by atoms with Crippen LogP contribution in [0.2, 0.25) is 0 Å². The van der Waals surface area contributed by atoms with Crippen molar-refractivity contribution in [2.24, 2.45) is 5.73 Å². The molecule has 2 rings (SSSR count). The average Bonchev–Trinajstić information content (AvgIpc) is 2.58. The van der Waals surface area contributed by atoms with E-state index in [2.05, 4.69) is 10.1 Å². The normalized spacial score (nSPS) is 18.4. The van der Waals surface area contributed by atoms with Crippen LogP contribution in [0.1, 0.15) is 37.4 Å². The Morgan fingerprint density at radius 2 is 2.00 bits per heavy atom. The highest BCUT2D eigenvalue weighted by Crippen LogP contribution is 2.37. The monoisotopic (exact) mass is 271 g/mol. The van der Waals surface area contributed by atoms with Crippen LogP contribution >= 0.6 is 12.4 Å². The van der Waals surface area contributed by atoms with Crippen molar-refractivity contribution in [3.05, 3.63) is 11.7 Å². The maximum Gasteiger partial charge on any atom is 0.389 e. The molecule has 0 radical (unpaired) electrons. The third-order valence-electron chi connectivity index (χ3n) is 2.78. The largest absolute Gasteiger partial charge is 0.389 e. The van der Waals surface area contributed by atoms with Gasteiger partial charge in [0, 0.05) is 6.42 Å². The highest BCUT2D eigenvalue weighted by atomic mass is 35.5.